The molecule has 1 fully saturated rings. The molecule has 1 aromatic carbocycles. The number of rotatable bonds is 4. The van der Waals surface area contributed by atoms with E-state index in [1.165, 1.54) is 24.3 Å². The molecule has 4 nitrogen and oxygen atoms in total. The Bertz CT molecular complexity index is 501. The van der Waals surface area contributed by atoms with Crippen LogP contribution in [0.15, 0.2) is 24.3 Å². The molecular formula is C15H19FN2O2. The number of benzene rings is 1. The van der Waals surface area contributed by atoms with Gasteiger partial charge in [-0.3, -0.25) is 9.59 Å². The fourth-order valence-electron chi connectivity index (χ4n) is 2.33. The second kappa shape index (κ2) is 6.03. The first kappa shape index (κ1) is 14.5. The summed E-state index contributed by atoms with van der Waals surface area (Å²) in [5.74, 6) is -0.835. The van der Waals surface area contributed by atoms with Crippen molar-refractivity contribution in [2.75, 3.05) is 11.9 Å². The van der Waals surface area contributed by atoms with Gasteiger partial charge in [-0.15, -0.1) is 0 Å². The fourth-order valence-corrected chi connectivity index (χ4v) is 2.33. The van der Waals surface area contributed by atoms with Gasteiger partial charge in [0.05, 0.1) is 5.92 Å². The molecule has 1 heterocycles. The smallest absolute Gasteiger partial charge is 0.229 e. The molecule has 0 radical (unpaired) electrons. The molecule has 2 rings (SSSR count). The zero-order valence-electron chi connectivity index (χ0n) is 11.7. The molecule has 2 atom stereocenters. The van der Waals surface area contributed by atoms with E-state index < -0.39 is 0 Å². The highest BCUT2D eigenvalue weighted by atomic mass is 19.1. The lowest BCUT2D eigenvalue weighted by molar-refractivity contribution is -0.129. The van der Waals surface area contributed by atoms with Gasteiger partial charge in [0.1, 0.15) is 5.82 Å². The summed E-state index contributed by atoms with van der Waals surface area (Å²) in [5, 5.41) is 2.72. The normalized spacial score (nSPS) is 20.1. The van der Waals surface area contributed by atoms with Gasteiger partial charge in [0.15, 0.2) is 0 Å². The third-order valence-electron chi connectivity index (χ3n) is 3.76. The molecule has 2 unspecified atom stereocenters. The van der Waals surface area contributed by atoms with Crippen LogP contribution in [0.4, 0.5) is 10.1 Å². The Balaban J connectivity index is 1.97. The van der Waals surface area contributed by atoms with Crippen LogP contribution in [0, 0.1) is 11.7 Å². The van der Waals surface area contributed by atoms with Crippen LogP contribution < -0.4 is 5.32 Å². The summed E-state index contributed by atoms with van der Waals surface area (Å²) < 4.78 is 12.8. The van der Waals surface area contributed by atoms with Crippen molar-refractivity contribution in [1.82, 2.24) is 4.90 Å². The Labute approximate surface area is 118 Å². The van der Waals surface area contributed by atoms with Crippen molar-refractivity contribution in [3.63, 3.8) is 0 Å². The van der Waals surface area contributed by atoms with Crippen LogP contribution in [-0.4, -0.2) is 29.3 Å². The van der Waals surface area contributed by atoms with Crippen molar-refractivity contribution in [3.05, 3.63) is 30.1 Å². The van der Waals surface area contributed by atoms with Crippen LogP contribution in [0.5, 0.6) is 0 Å². The van der Waals surface area contributed by atoms with Crippen molar-refractivity contribution in [1.29, 1.82) is 0 Å². The maximum Gasteiger partial charge on any atom is 0.229 e. The van der Waals surface area contributed by atoms with Gasteiger partial charge >= 0.3 is 0 Å². The van der Waals surface area contributed by atoms with Crippen LogP contribution in [0.25, 0.3) is 0 Å². The third kappa shape index (κ3) is 3.15. The van der Waals surface area contributed by atoms with Gasteiger partial charge in [-0.25, -0.2) is 4.39 Å². The highest BCUT2D eigenvalue weighted by Gasteiger charge is 2.36. The molecule has 1 N–H and O–H groups in total. The van der Waals surface area contributed by atoms with E-state index in [4.69, 9.17) is 0 Å². The molecule has 20 heavy (non-hydrogen) atoms. The van der Waals surface area contributed by atoms with Gasteiger partial charge in [0.25, 0.3) is 0 Å². The fraction of sp³-hybridized carbons (Fsp3) is 0.467. The molecule has 108 valence electrons. The lowest BCUT2D eigenvalue weighted by Crippen LogP contribution is -2.35. The Hall–Kier alpha value is -1.91. The molecule has 1 aliphatic heterocycles. The number of nitrogens with zero attached hydrogens (tertiary/aromatic N) is 1. The Kier molecular flexibility index (Phi) is 4.37. The van der Waals surface area contributed by atoms with Gasteiger partial charge in [0.2, 0.25) is 11.8 Å². The Morgan fingerprint density at radius 1 is 1.45 bits per heavy atom. The van der Waals surface area contributed by atoms with Crippen molar-refractivity contribution < 1.29 is 14.0 Å². The second-order valence-electron chi connectivity index (χ2n) is 5.20. The number of carbonyl (C=O) groups excluding carboxylic acids is 2. The molecule has 1 aromatic rings. The van der Waals surface area contributed by atoms with Gasteiger partial charge in [0, 0.05) is 24.7 Å². The minimum absolute atomic E-state index is 0.0265. The standard InChI is InChI=1S/C15H19FN2O2/c1-3-10(2)18-9-11(8-14(18)19)15(20)17-13-6-4-12(16)5-7-13/h4-7,10-11H,3,8-9H2,1-2H3,(H,17,20). The van der Waals surface area contributed by atoms with Crippen molar-refractivity contribution in [3.8, 4) is 0 Å². The summed E-state index contributed by atoms with van der Waals surface area (Å²) >= 11 is 0. The highest BCUT2D eigenvalue weighted by Crippen LogP contribution is 2.23. The molecule has 0 saturated carbocycles. The van der Waals surface area contributed by atoms with Crippen molar-refractivity contribution in [2.45, 2.75) is 32.7 Å². The number of likely N-dealkylation sites (tertiary alicyclic amines) is 1. The van der Waals surface area contributed by atoms with Crippen LogP contribution in [0.2, 0.25) is 0 Å². The number of hydrogen-bond acceptors (Lipinski definition) is 2. The maximum absolute atomic E-state index is 12.8. The summed E-state index contributed by atoms with van der Waals surface area (Å²) in [6.45, 7) is 4.46. The minimum Gasteiger partial charge on any atom is -0.339 e. The van der Waals surface area contributed by atoms with Crippen LogP contribution in [-0.2, 0) is 9.59 Å². The molecule has 5 heteroatoms. The molecule has 0 spiro atoms. The summed E-state index contributed by atoms with van der Waals surface area (Å²) in [4.78, 5) is 25.8. The highest BCUT2D eigenvalue weighted by molar-refractivity contribution is 5.97. The first-order chi connectivity index (χ1) is 9.51. The number of anilines is 1. The van der Waals surface area contributed by atoms with E-state index in [1.807, 2.05) is 13.8 Å². The van der Waals surface area contributed by atoms with E-state index in [-0.39, 0.29) is 36.0 Å². The number of carbonyl (C=O) groups is 2. The predicted octanol–water partition coefficient (Wildman–Crippen LogP) is 2.41. The molecule has 0 bridgehead atoms. The third-order valence-corrected chi connectivity index (χ3v) is 3.76. The van der Waals surface area contributed by atoms with Gasteiger partial charge in [-0.1, -0.05) is 6.92 Å². The van der Waals surface area contributed by atoms with Crippen LogP contribution in [0.1, 0.15) is 26.7 Å². The monoisotopic (exact) mass is 278 g/mol. The minimum atomic E-state index is -0.345. The molecule has 0 aromatic heterocycles. The molecule has 2 amide bonds. The topological polar surface area (TPSA) is 49.4 Å². The Morgan fingerprint density at radius 3 is 2.70 bits per heavy atom. The molecule has 1 aliphatic rings. The lowest BCUT2D eigenvalue weighted by Gasteiger charge is -2.23. The molecular weight excluding hydrogens is 259 g/mol. The first-order valence-corrected chi connectivity index (χ1v) is 6.87. The Morgan fingerprint density at radius 2 is 2.10 bits per heavy atom. The van der Waals surface area contributed by atoms with E-state index in [1.54, 1.807) is 4.90 Å². The zero-order valence-corrected chi connectivity index (χ0v) is 11.7. The molecule has 0 aliphatic carbocycles. The van der Waals surface area contributed by atoms with Gasteiger partial charge < -0.3 is 10.2 Å². The van der Waals surface area contributed by atoms with Gasteiger partial charge in [-0.05, 0) is 37.6 Å². The zero-order chi connectivity index (χ0) is 14.7. The SMILES string of the molecule is CCC(C)N1CC(C(=O)Nc2ccc(F)cc2)CC1=O. The van der Waals surface area contributed by atoms with Crippen molar-refractivity contribution in [2.24, 2.45) is 5.92 Å². The van der Waals surface area contributed by atoms with Crippen LogP contribution >= 0.6 is 0 Å². The number of amides is 2. The summed E-state index contributed by atoms with van der Waals surface area (Å²) in [7, 11) is 0. The van der Waals surface area contributed by atoms with Crippen LogP contribution in [0.3, 0.4) is 0 Å². The average Bonchev–Trinajstić information content (AvgIpc) is 2.82. The average molecular weight is 278 g/mol. The van der Waals surface area contributed by atoms with Crippen molar-refractivity contribution >= 4 is 17.5 Å². The maximum atomic E-state index is 12.8. The second-order valence-corrected chi connectivity index (χ2v) is 5.20. The van der Waals surface area contributed by atoms with E-state index in [9.17, 15) is 14.0 Å². The largest absolute Gasteiger partial charge is 0.339 e. The first-order valence-electron chi connectivity index (χ1n) is 6.87. The molecule has 1 saturated heterocycles. The number of halogens is 1. The van der Waals surface area contributed by atoms with E-state index >= 15 is 0 Å². The quantitative estimate of drug-likeness (QED) is 0.919. The summed E-state index contributed by atoms with van der Waals surface area (Å²) in [6.07, 6.45) is 1.12. The summed E-state index contributed by atoms with van der Waals surface area (Å²) in [5.41, 5.74) is 0.547. The van der Waals surface area contributed by atoms with E-state index in [0.717, 1.165) is 6.42 Å². The predicted molar refractivity (Wildman–Crippen MR) is 74.6 cm³/mol. The summed E-state index contributed by atoms with van der Waals surface area (Å²) in [6, 6.07) is 5.76. The van der Waals surface area contributed by atoms with Gasteiger partial charge in [-0.2, -0.15) is 0 Å². The lowest BCUT2D eigenvalue weighted by atomic mass is 10.1. The number of hydrogen-bond donors (Lipinski definition) is 1. The van der Waals surface area contributed by atoms with E-state index in [0.29, 0.717) is 12.2 Å². The van der Waals surface area contributed by atoms with E-state index in [2.05, 4.69) is 5.32 Å². The number of nitrogens with one attached hydrogen (secondary N) is 1.